The molecule has 0 radical (unpaired) electrons. The van der Waals surface area contributed by atoms with E-state index in [0.717, 1.165) is 18.2 Å². The van der Waals surface area contributed by atoms with E-state index in [1.807, 2.05) is 0 Å². The van der Waals surface area contributed by atoms with Crippen LogP contribution in [0.2, 0.25) is 15.1 Å². The number of nitro benzene ring substituents is 2. The molecule has 0 saturated heterocycles. The molecule has 0 bridgehead atoms. The Morgan fingerprint density at radius 2 is 1.54 bits per heavy atom. The first-order chi connectivity index (χ1) is 11.1. The van der Waals surface area contributed by atoms with Gasteiger partial charge in [-0.05, 0) is 6.92 Å². The Morgan fingerprint density at radius 3 is 2.00 bits per heavy atom. The van der Waals surface area contributed by atoms with E-state index in [-0.39, 0.29) is 43.5 Å². The Kier molecular flexibility index (Phi) is 5.02. The van der Waals surface area contributed by atoms with Gasteiger partial charge in [-0.3, -0.25) is 20.2 Å². The fourth-order valence-corrected chi connectivity index (χ4v) is 2.73. The molecule has 0 amide bonds. The number of nitrogens with zero attached hydrogens (tertiary/aromatic N) is 2. The summed E-state index contributed by atoms with van der Waals surface area (Å²) in [6.07, 6.45) is 0. The Balaban J connectivity index is 2.62. The molecule has 24 heavy (non-hydrogen) atoms. The molecule has 0 saturated carbocycles. The van der Waals surface area contributed by atoms with E-state index in [1.165, 1.54) is 6.92 Å². The fraction of sp³-hybridized carbons (Fsp3) is 0.0769. The fourth-order valence-electron chi connectivity index (χ4n) is 2.01. The molecule has 0 atom stereocenters. The van der Waals surface area contributed by atoms with Gasteiger partial charge in [0, 0.05) is 23.8 Å². The molecule has 0 spiro atoms. The van der Waals surface area contributed by atoms with Crippen molar-refractivity contribution in [1.82, 2.24) is 0 Å². The summed E-state index contributed by atoms with van der Waals surface area (Å²) in [4.78, 5) is 20.8. The van der Waals surface area contributed by atoms with E-state index < -0.39 is 9.85 Å². The van der Waals surface area contributed by atoms with Gasteiger partial charge < -0.3 is 11.1 Å². The number of nitro groups is 2. The maximum Gasteiger partial charge on any atom is 0.295 e. The van der Waals surface area contributed by atoms with Crippen LogP contribution in [-0.2, 0) is 0 Å². The lowest BCUT2D eigenvalue weighted by Crippen LogP contribution is -2.03. The number of nitrogens with two attached hydrogens (primary N) is 1. The molecule has 11 heteroatoms. The van der Waals surface area contributed by atoms with Gasteiger partial charge in [0.15, 0.2) is 0 Å². The number of nitrogens with one attached hydrogen (secondary N) is 1. The number of halogens is 3. The molecule has 0 fully saturated rings. The third kappa shape index (κ3) is 3.30. The highest BCUT2D eigenvalue weighted by atomic mass is 35.5. The Morgan fingerprint density at radius 1 is 1.00 bits per heavy atom. The highest BCUT2D eigenvalue weighted by Crippen LogP contribution is 2.43. The summed E-state index contributed by atoms with van der Waals surface area (Å²) in [5.74, 6) is 0. The zero-order valence-corrected chi connectivity index (χ0v) is 14.2. The average molecular weight is 392 g/mol. The topological polar surface area (TPSA) is 124 Å². The third-order valence-electron chi connectivity index (χ3n) is 3.19. The Bertz CT molecular complexity index is 850. The van der Waals surface area contributed by atoms with Gasteiger partial charge in [0.1, 0.15) is 5.69 Å². The summed E-state index contributed by atoms with van der Waals surface area (Å²) < 4.78 is 0. The van der Waals surface area contributed by atoms with Crippen molar-refractivity contribution in [3.05, 3.63) is 59.1 Å². The molecule has 126 valence electrons. The maximum absolute atomic E-state index is 11.3. The van der Waals surface area contributed by atoms with Crippen molar-refractivity contribution in [1.29, 1.82) is 0 Å². The molecule has 0 heterocycles. The largest absolute Gasteiger partial charge is 0.397 e. The van der Waals surface area contributed by atoms with Crippen LogP contribution in [0.1, 0.15) is 5.56 Å². The minimum atomic E-state index is -0.657. The van der Waals surface area contributed by atoms with Crippen LogP contribution < -0.4 is 11.1 Å². The van der Waals surface area contributed by atoms with Crippen molar-refractivity contribution in [2.75, 3.05) is 11.1 Å². The highest BCUT2D eigenvalue weighted by Gasteiger charge is 2.23. The molecular weight excluding hydrogens is 383 g/mol. The van der Waals surface area contributed by atoms with Crippen molar-refractivity contribution in [3.8, 4) is 0 Å². The zero-order valence-electron chi connectivity index (χ0n) is 12.0. The van der Waals surface area contributed by atoms with Gasteiger partial charge in [0.25, 0.3) is 11.4 Å². The normalized spacial score (nSPS) is 10.5. The quantitative estimate of drug-likeness (QED) is 0.424. The van der Waals surface area contributed by atoms with Crippen LogP contribution in [0, 0.1) is 27.2 Å². The van der Waals surface area contributed by atoms with E-state index in [0.29, 0.717) is 5.56 Å². The summed E-state index contributed by atoms with van der Waals surface area (Å²) >= 11 is 18.0. The molecular formula is C13H9Cl3N4O4. The van der Waals surface area contributed by atoms with Gasteiger partial charge in [-0.1, -0.05) is 34.8 Å². The maximum atomic E-state index is 11.3. The second kappa shape index (κ2) is 6.68. The van der Waals surface area contributed by atoms with Gasteiger partial charge in [-0.25, -0.2) is 0 Å². The second-order valence-electron chi connectivity index (χ2n) is 4.72. The third-order valence-corrected chi connectivity index (χ3v) is 4.29. The van der Waals surface area contributed by atoms with Crippen molar-refractivity contribution in [2.24, 2.45) is 0 Å². The predicted octanol–water partition coefficient (Wildman–Crippen LogP) is 5.10. The lowest BCUT2D eigenvalue weighted by molar-refractivity contribution is -0.384. The minimum Gasteiger partial charge on any atom is -0.397 e. The number of benzene rings is 2. The van der Waals surface area contributed by atoms with Crippen LogP contribution in [0.25, 0.3) is 0 Å². The van der Waals surface area contributed by atoms with Crippen molar-refractivity contribution >= 4 is 63.2 Å². The number of hydrogen-bond donors (Lipinski definition) is 2. The summed E-state index contributed by atoms with van der Waals surface area (Å²) in [7, 11) is 0. The summed E-state index contributed by atoms with van der Waals surface area (Å²) in [6, 6.07) is 3.26. The lowest BCUT2D eigenvalue weighted by atomic mass is 10.1. The number of rotatable bonds is 4. The molecule has 0 aromatic heterocycles. The molecule has 0 aliphatic heterocycles. The molecule has 3 N–H and O–H groups in total. The lowest BCUT2D eigenvalue weighted by Gasteiger charge is -2.15. The molecule has 2 rings (SSSR count). The summed E-state index contributed by atoms with van der Waals surface area (Å²) in [6.45, 7) is 1.53. The minimum absolute atomic E-state index is 0.0388. The molecule has 0 unspecified atom stereocenters. The van der Waals surface area contributed by atoms with Crippen molar-refractivity contribution < 1.29 is 9.85 Å². The van der Waals surface area contributed by atoms with E-state index in [4.69, 9.17) is 40.5 Å². The SMILES string of the molecule is Cc1c(Cl)c(N)cc([N+](=O)[O-])c1Nc1c(Cl)cc([N+](=O)[O-])cc1Cl. The number of nitrogen functional groups attached to an aromatic ring is 1. The van der Waals surface area contributed by atoms with Crippen molar-refractivity contribution in [3.63, 3.8) is 0 Å². The monoisotopic (exact) mass is 390 g/mol. The van der Waals surface area contributed by atoms with Gasteiger partial charge in [-0.15, -0.1) is 0 Å². The Labute approximate surface area is 150 Å². The van der Waals surface area contributed by atoms with Crippen LogP contribution in [0.4, 0.5) is 28.4 Å². The first-order valence-corrected chi connectivity index (χ1v) is 7.40. The first-order valence-electron chi connectivity index (χ1n) is 6.27. The molecule has 8 nitrogen and oxygen atoms in total. The van der Waals surface area contributed by atoms with E-state index in [9.17, 15) is 20.2 Å². The standard InChI is InChI=1S/C13H9Cl3N4O4/c1-5-11(16)9(17)4-10(20(23)24)12(5)18-13-7(14)2-6(19(21)22)3-8(13)15/h2-4,18H,17H2,1H3. The number of non-ortho nitro benzene ring substituents is 1. The molecule has 2 aromatic carbocycles. The predicted molar refractivity (Wildman–Crippen MR) is 93.7 cm³/mol. The van der Waals surface area contributed by atoms with Crippen LogP contribution in [0.3, 0.4) is 0 Å². The second-order valence-corrected chi connectivity index (χ2v) is 5.91. The van der Waals surface area contributed by atoms with Crippen molar-refractivity contribution in [2.45, 2.75) is 6.92 Å². The van der Waals surface area contributed by atoms with Crippen LogP contribution in [-0.4, -0.2) is 9.85 Å². The van der Waals surface area contributed by atoms with Crippen LogP contribution in [0.5, 0.6) is 0 Å². The molecule has 0 aliphatic carbocycles. The number of anilines is 3. The van der Waals surface area contributed by atoms with Gasteiger partial charge >= 0.3 is 0 Å². The molecule has 2 aromatic rings. The van der Waals surface area contributed by atoms with E-state index in [1.54, 1.807) is 0 Å². The zero-order chi connectivity index (χ0) is 18.2. The van der Waals surface area contributed by atoms with E-state index >= 15 is 0 Å². The highest BCUT2D eigenvalue weighted by molar-refractivity contribution is 6.40. The molecule has 0 aliphatic rings. The summed E-state index contributed by atoms with van der Waals surface area (Å²) in [5, 5.41) is 24.8. The first kappa shape index (κ1) is 18.1. The van der Waals surface area contributed by atoms with E-state index in [2.05, 4.69) is 5.32 Å². The smallest absolute Gasteiger partial charge is 0.295 e. The summed E-state index contributed by atoms with van der Waals surface area (Å²) in [5.41, 5.74) is 5.48. The van der Waals surface area contributed by atoms with Gasteiger partial charge in [-0.2, -0.15) is 0 Å². The number of hydrogen-bond acceptors (Lipinski definition) is 6. The average Bonchev–Trinajstić information content (AvgIpc) is 2.49. The Hall–Kier alpha value is -2.29. The van der Waals surface area contributed by atoms with Crippen LogP contribution >= 0.6 is 34.8 Å². The van der Waals surface area contributed by atoms with Gasteiger partial charge in [0.2, 0.25) is 0 Å². The van der Waals surface area contributed by atoms with Gasteiger partial charge in [0.05, 0.1) is 36.3 Å². The van der Waals surface area contributed by atoms with Crippen LogP contribution in [0.15, 0.2) is 18.2 Å².